The molecule has 0 aromatic heterocycles. The summed E-state index contributed by atoms with van der Waals surface area (Å²) in [5, 5.41) is 6.76. The largest absolute Gasteiger partial charge is 0.366 e. The number of nitrogens with two attached hydrogens (primary N) is 1. The van der Waals surface area contributed by atoms with Gasteiger partial charge in [0.05, 0.1) is 11.3 Å². The van der Waals surface area contributed by atoms with Crippen LogP contribution in [0.3, 0.4) is 0 Å². The molecule has 3 aromatic rings. The maximum absolute atomic E-state index is 12.2. The van der Waals surface area contributed by atoms with Crippen LogP contribution < -0.4 is 16.4 Å². The minimum absolute atomic E-state index is 0.133. The Morgan fingerprint density at radius 2 is 1.24 bits per heavy atom. The van der Waals surface area contributed by atoms with Crippen LogP contribution in [-0.4, -0.2) is 17.7 Å². The Morgan fingerprint density at radius 1 is 0.680 bits per heavy atom. The predicted octanol–water partition coefficient (Wildman–Crippen LogP) is 2.52. The van der Waals surface area contributed by atoms with Crippen molar-refractivity contribution < 1.29 is 14.4 Å². The number of carbonyl (C=O) groups is 3. The van der Waals surface area contributed by atoms with Gasteiger partial charge in [0.25, 0.3) is 5.91 Å². The lowest BCUT2D eigenvalue weighted by molar-refractivity contribution is -0.132. The molecule has 4 N–H and O–H groups in total. The van der Waals surface area contributed by atoms with Gasteiger partial charge in [-0.15, -0.1) is 0 Å². The van der Waals surface area contributed by atoms with E-state index in [0.717, 1.165) is 10.8 Å². The van der Waals surface area contributed by atoms with Crippen molar-refractivity contribution in [2.75, 3.05) is 10.6 Å². The van der Waals surface area contributed by atoms with Gasteiger partial charge in [0, 0.05) is 11.1 Å². The van der Waals surface area contributed by atoms with Gasteiger partial charge in [-0.1, -0.05) is 48.5 Å². The van der Waals surface area contributed by atoms with Gasteiger partial charge in [-0.2, -0.15) is 0 Å². The zero-order chi connectivity index (χ0) is 17.8. The summed E-state index contributed by atoms with van der Waals surface area (Å²) in [4.78, 5) is 35.7. The second-order valence-corrected chi connectivity index (χ2v) is 5.34. The highest BCUT2D eigenvalue weighted by molar-refractivity contribution is 6.44. The van der Waals surface area contributed by atoms with E-state index in [1.807, 2.05) is 30.3 Å². The van der Waals surface area contributed by atoms with Crippen LogP contribution in [0.25, 0.3) is 10.8 Å². The maximum atomic E-state index is 12.2. The van der Waals surface area contributed by atoms with E-state index in [4.69, 9.17) is 5.73 Å². The highest BCUT2D eigenvalue weighted by atomic mass is 16.2. The standard InChI is InChI=1S/C19H15N3O3/c20-17(23)14-9-3-4-10-16(14)22-19(25)18(24)21-15-11-5-7-12-6-1-2-8-13(12)15/h1-11H,(H2,20,23)(H,21,24)(H,22,25). The number of hydrogen-bond donors (Lipinski definition) is 3. The fourth-order valence-electron chi connectivity index (χ4n) is 2.50. The molecule has 0 fully saturated rings. The average Bonchev–Trinajstić information content (AvgIpc) is 2.62. The van der Waals surface area contributed by atoms with Gasteiger partial charge in [-0.05, 0) is 23.6 Å². The van der Waals surface area contributed by atoms with E-state index in [0.29, 0.717) is 5.69 Å². The number of para-hydroxylation sites is 1. The molecule has 6 heteroatoms. The smallest absolute Gasteiger partial charge is 0.314 e. The molecule has 124 valence electrons. The lowest BCUT2D eigenvalue weighted by Gasteiger charge is -2.10. The third-order valence-corrected chi connectivity index (χ3v) is 3.68. The van der Waals surface area contributed by atoms with Crippen molar-refractivity contribution in [1.82, 2.24) is 0 Å². The summed E-state index contributed by atoms with van der Waals surface area (Å²) in [5.74, 6) is -2.41. The van der Waals surface area contributed by atoms with Gasteiger partial charge in [0.1, 0.15) is 0 Å². The number of anilines is 2. The van der Waals surface area contributed by atoms with E-state index in [1.54, 1.807) is 24.3 Å². The highest BCUT2D eigenvalue weighted by Gasteiger charge is 2.17. The van der Waals surface area contributed by atoms with Crippen molar-refractivity contribution in [2.24, 2.45) is 5.73 Å². The zero-order valence-corrected chi connectivity index (χ0v) is 13.2. The third-order valence-electron chi connectivity index (χ3n) is 3.68. The monoisotopic (exact) mass is 333 g/mol. The Morgan fingerprint density at radius 3 is 2.00 bits per heavy atom. The molecular weight excluding hydrogens is 318 g/mol. The van der Waals surface area contributed by atoms with Gasteiger partial charge in [-0.25, -0.2) is 0 Å². The molecule has 3 rings (SSSR count). The number of primary amides is 1. The lowest BCUT2D eigenvalue weighted by atomic mass is 10.1. The van der Waals surface area contributed by atoms with Crippen LogP contribution in [0.15, 0.2) is 66.7 Å². The predicted molar refractivity (Wildman–Crippen MR) is 96.2 cm³/mol. The summed E-state index contributed by atoms with van der Waals surface area (Å²) in [7, 11) is 0. The molecule has 0 spiro atoms. The van der Waals surface area contributed by atoms with Crippen molar-refractivity contribution in [2.45, 2.75) is 0 Å². The first kappa shape index (κ1) is 16.2. The topological polar surface area (TPSA) is 101 Å². The van der Waals surface area contributed by atoms with E-state index in [2.05, 4.69) is 10.6 Å². The second kappa shape index (κ2) is 6.84. The Bertz CT molecular complexity index is 977. The minimum atomic E-state index is -0.887. The van der Waals surface area contributed by atoms with Gasteiger partial charge in [0.15, 0.2) is 0 Å². The molecule has 0 aliphatic carbocycles. The summed E-state index contributed by atoms with van der Waals surface area (Å²) >= 11 is 0. The lowest BCUT2D eigenvalue weighted by Crippen LogP contribution is -2.30. The molecular formula is C19H15N3O3. The number of hydrogen-bond acceptors (Lipinski definition) is 3. The molecule has 0 aliphatic rings. The first-order valence-electron chi connectivity index (χ1n) is 7.55. The maximum Gasteiger partial charge on any atom is 0.314 e. The van der Waals surface area contributed by atoms with Gasteiger partial charge in [0.2, 0.25) is 0 Å². The summed E-state index contributed by atoms with van der Waals surface area (Å²) in [6.07, 6.45) is 0. The number of nitrogens with one attached hydrogen (secondary N) is 2. The van der Waals surface area contributed by atoms with Crippen LogP contribution in [0, 0.1) is 0 Å². The highest BCUT2D eigenvalue weighted by Crippen LogP contribution is 2.23. The first-order valence-corrected chi connectivity index (χ1v) is 7.55. The van der Waals surface area contributed by atoms with E-state index >= 15 is 0 Å². The third kappa shape index (κ3) is 3.48. The molecule has 0 unspecified atom stereocenters. The van der Waals surface area contributed by atoms with Gasteiger partial charge >= 0.3 is 11.8 Å². The van der Waals surface area contributed by atoms with E-state index < -0.39 is 17.7 Å². The Balaban J connectivity index is 1.80. The molecule has 0 aliphatic heterocycles. The Kier molecular flexibility index (Phi) is 4.43. The van der Waals surface area contributed by atoms with Crippen molar-refractivity contribution in [3.63, 3.8) is 0 Å². The summed E-state index contributed by atoms with van der Waals surface area (Å²) < 4.78 is 0. The number of carbonyl (C=O) groups excluding carboxylic acids is 3. The quantitative estimate of drug-likeness (QED) is 0.642. The Hall–Kier alpha value is -3.67. The van der Waals surface area contributed by atoms with Crippen LogP contribution in [0.5, 0.6) is 0 Å². The van der Waals surface area contributed by atoms with E-state index in [1.165, 1.54) is 12.1 Å². The number of rotatable bonds is 3. The van der Waals surface area contributed by atoms with Crippen molar-refractivity contribution in [3.8, 4) is 0 Å². The molecule has 3 aromatic carbocycles. The Labute approximate surface area is 143 Å². The summed E-state index contributed by atoms with van der Waals surface area (Å²) in [5.41, 5.74) is 6.11. The van der Waals surface area contributed by atoms with Crippen molar-refractivity contribution in [1.29, 1.82) is 0 Å². The number of benzene rings is 3. The van der Waals surface area contributed by atoms with Crippen LogP contribution in [0.1, 0.15) is 10.4 Å². The molecule has 6 nitrogen and oxygen atoms in total. The van der Waals surface area contributed by atoms with Gasteiger partial charge in [-0.3, -0.25) is 14.4 Å². The zero-order valence-electron chi connectivity index (χ0n) is 13.2. The van der Waals surface area contributed by atoms with Crippen molar-refractivity contribution >= 4 is 39.9 Å². The van der Waals surface area contributed by atoms with Gasteiger partial charge < -0.3 is 16.4 Å². The normalized spacial score (nSPS) is 10.2. The van der Waals surface area contributed by atoms with Crippen LogP contribution in [0.4, 0.5) is 11.4 Å². The summed E-state index contributed by atoms with van der Waals surface area (Å²) in [6, 6.07) is 19.1. The first-order chi connectivity index (χ1) is 12.1. The molecule has 0 saturated heterocycles. The fourth-order valence-corrected chi connectivity index (χ4v) is 2.50. The van der Waals surface area contributed by atoms with E-state index in [-0.39, 0.29) is 11.3 Å². The molecule has 0 atom stereocenters. The molecule has 0 bridgehead atoms. The van der Waals surface area contributed by atoms with Crippen molar-refractivity contribution in [3.05, 3.63) is 72.3 Å². The van der Waals surface area contributed by atoms with E-state index in [9.17, 15) is 14.4 Å². The second-order valence-electron chi connectivity index (χ2n) is 5.34. The molecule has 0 radical (unpaired) electrons. The SMILES string of the molecule is NC(=O)c1ccccc1NC(=O)C(=O)Nc1cccc2ccccc12. The number of fused-ring (bicyclic) bond motifs is 1. The molecule has 25 heavy (non-hydrogen) atoms. The summed E-state index contributed by atoms with van der Waals surface area (Å²) in [6.45, 7) is 0. The van der Waals surface area contributed by atoms with Crippen LogP contribution >= 0.6 is 0 Å². The fraction of sp³-hybridized carbons (Fsp3) is 0. The van der Waals surface area contributed by atoms with Crippen LogP contribution in [-0.2, 0) is 9.59 Å². The average molecular weight is 333 g/mol. The minimum Gasteiger partial charge on any atom is -0.366 e. The molecule has 3 amide bonds. The van der Waals surface area contributed by atoms with Crippen LogP contribution in [0.2, 0.25) is 0 Å². The number of amides is 3. The molecule has 0 heterocycles. The molecule has 0 saturated carbocycles.